The van der Waals surface area contributed by atoms with Gasteiger partial charge in [0.15, 0.2) is 0 Å². The Balaban J connectivity index is 2.06. The van der Waals surface area contributed by atoms with Gasteiger partial charge in [0.25, 0.3) is 0 Å². The lowest BCUT2D eigenvalue weighted by atomic mass is 10.2. The number of nitrogens with zero attached hydrogens (tertiary/aromatic N) is 3. The quantitative estimate of drug-likeness (QED) is 0.698. The van der Waals surface area contributed by atoms with Crippen molar-refractivity contribution < 1.29 is 0 Å². The Morgan fingerprint density at radius 1 is 1.21 bits per heavy atom. The van der Waals surface area contributed by atoms with Crippen LogP contribution in [0.2, 0.25) is 5.02 Å². The van der Waals surface area contributed by atoms with Crippen molar-refractivity contribution in [2.24, 2.45) is 7.05 Å². The number of aromatic nitrogens is 3. The summed E-state index contributed by atoms with van der Waals surface area (Å²) in [5.41, 5.74) is 4.42. The van der Waals surface area contributed by atoms with Crippen molar-refractivity contribution in [3.05, 3.63) is 52.4 Å². The largest absolute Gasteiger partial charge is 0.341 e. The van der Waals surface area contributed by atoms with Crippen molar-refractivity contribution in [1.29, 1.82) is 0 Å². The van der Waals surface area contributed by atoms with E-state index >= 15 is 0 Å². The maximum Gasteiger partial charge on any atom is 0.0865 e. The van der Waals surface area contributed by atoms with Crippen LogP contribution in [0, 0.1) is 13.8 Å². The van der Waals surface area contributed by atoms with E-state index in [1.807, 2.05) is 18.7 Å². The fraction of sp³-hybridized carbons (Fsp3) is 0.267. The molecule has 0 aliphatic carbocycles. The predicted molar refractivity (Wildman–Crippen MR) is 78.7 cm³/mol. The summed E-state index contributed by atoms with van der Waals surface area (Å²) in [5.74, 6) is 0. The first-order chi connectivity index (χ1) is 9.06. The van der Waals surface area contributed by atoms with Crippen molar-refractivity contribution in [3.8, 4) is 0 Å². The zero-order valence-corrected chi connectivity index (χ0v) is 12.1. The molecule has 0 unspecified atom stereocenters. The lowest BCUT2D eigenvalue weighted by Gasteiger charge is -2.07. The summed E-state index contributed by atoms with van der Waals surface area (Å²) in [6, 6.07) is 8.62. The van der Waals surface area contributed by atoms with Crippen molar-refractivity contribution in [3.63, 3.8) is 0 Å². The second kappa shape index (κ2) is 4.42. The number of rotatable bonds is 2. The molecule has 1 aromatic carbocycles. The SMILES string of the molecule is Cc1ccc2c(ccn2Cc2c(Cl)c(C)nn2C)c1. The van der Waals surface area contributed by atoms with E-state index in [-0.39, 0.29) is 0 Å². The molecule has 0 aliphatic rings. The van der Waals surface area contributed by atoms with Gasteiger partial charge in [0, 0.05) is 18.8 Å². The first-order valence-corrected chi connectivity index (χ1v) is 6.67. The lowest BCUT2D eigenvalue weighted by Crippen LogP contribution is -2.05. The Bertz CT molecular complexity index is 752. The summed E-state index contributed by atoms with van der Waals surface area (Å²) in [6.45, 7) is 4.78. The average Bonchev–Trinajstić information content (AvgIpc) is 2.86. The average molecular weight is 274 g/mol. The molecule has 2 heterocycles. The summed E-state index contributed by atoms with van der Waals surface area (Å²) in [5, 5.41) is 6.38. The predicted octanol–water partition coefficient (Wildman–Crippen LogP) is 3.69. The van der Waals surface area contributed by atoms with Crippen LogP contribution in [0.3, 0.4) is 0 Å². The van der Waals surface area contributed by atoms with Crippen LogP contribution in [-0.4, -0.2) is 14.3 Å². The number of halogens is 1. The Morgan fingerprint density at radius 3 is 2.68 bits per heavy atom. The fourth-order valence-corrected chi connectivity index (χ4v) is 2.69. The molecule has 0 radical (unpaired) electrons. The number of fused-ring (bicyclic) bond motifs is 1. The van der Waals surface area contributed by atoms with Gasteiger partial charge in [0.2, 0.25) is 0 Å². The minimum Gasteiger partial charge on any atom is -0.341 e. The minimum atomic E-state index is 0.739. The monoisotopic (exact) mass is 273 g/mol. The lowest BCUT2D eigenvalue weighted by molar-refractivity contribution is 0.673. The highest BCUT2D eigenvalue weighted by atomic mass is 35.5. The second-order valence-electron chi connectivity index (χ2n) is 4.98. The highest BCUT2D eigenvalue weighted by Crippen LogP contribution is 2.23. The van der Waals surface area contributed by atoms with Gasteiger partial charge in [-0.1, -0.05) is 23.2 Å². The van der Waals surface area contributed by atoms with Crippen LogP contribution >= 0.6 is 11.6 Å². The van der Waals surface area contributed by atoms with Crippen molar-refractivity contribution in [1.82, 2.24) is 14.3 Å². The molecule has 0 amide bonds. The zero-order valence-electron chi connectivity index (χ0n) is 11.3. The van der Waals surface area contributed by atoms with E-state index in [9.17, 15) is 0 Å². The van der Waals surface area contributed by atoms with Crippen LogP contribution in [-0.2, 0) is 13.6 Å². The van der Waals surface area contributed by atoms with Crippen LogP contribution in [0.4, 0.5) is 0 Å². The second-order valence-corrected chi connectivity index (χ2v) is 5.35. The summed E-state index contributed by atoms with van der Waals surface area (Å²) in [7, 11) is 1.93. The van der Waals surface area contributed by atoms with Gasteiger partial charge >= 0.3 is 0 Å². The highest BCUT2D eigenvalue weighted by Gasteiger charge is 2.12. The van der Waals surface area contributed by atoms with E-state index in [1.165, 1.54) is 16.5 Å². The molecule has 0 N–H and O–H groups in total. The number of benzene rings is 1. The normalized spacial score (nSPS) is 11.4. The molecule has 0 bridgehead atoms. The van der Waals surface area contributed by atoms with Crippen molar-refractivity contribution in [2.45, 2.75) is 20.4 Å². The van der Waals surface area contributed by atoms with Crippen LogP contribution in [0.15, 0.2) is 30.5 Å². The van der Waals surface area contributed by atoms with Crippen LogP contribution in [0.25, 0.3) is 10.9 Å². The molecule has 2 aromatic heterocycles. The van der Waals surface area contributed by atoms with Gasteiger partial charge in [0.1, 0.15) is 0 Å². The van der Waals surface area contributed by atoms with Gasteiger partial charge in [-0.15, -0.1) is 0 Å². The molecule has 0 atom stereocenters. The van der Waals surface area contributed by atoms with Gasteiger partial charge < -0.3 is 4.57 Å². The summed E-state index contributed by atoms with van der Waals surface area (Å²) in [6.07, 6.45) is 2.10. The van der Waals surface area contributed by atoms with Gasteiger partial charge in [0.05, 0.1) is 23.0 Å². The molecule has 0 spiro atoms. The molecule has 0 fully saturated rings. The van der Waals surface area contributed by atoms with Crippen molar-refractivity contribution >= 4 is 22.5 Å². The molecule has 4 heteroatoms. The van der Waals surface area contributed by atoms with Crippen LogP contribution < -0.4 is 0 Å². The topological polar surface area (TPSA) is 22.8 Å². The van der Waals surface area contributed by atoms with E-state index in [0.29, 0.717) is 0 Å². The first kappa shape index (κ1) is 12.3. The fourth-order valence-electron chi connectivity index (χ4n) is 2.47. The van der Waals surface area contributed by atoms with Gasteiger partial charge in [-0.3, -0.25) is 4.68 Å². The Hall–Kier alpha value is -1.74. The Kier molecular flexibility index (Phi) is 2.86. The van der Waals surface area contributed by atoms with Crippen LogP contribution in [0.5, 0.6) is 0 Å². The summed E-state index contributed by atoms with van der Waals surface area (Å²) >= 11 is 6.31. The number of hydrogen-bond acceptors (Lipinski definition) is 1. The standard InChI is InChI=1S/C15H16ClN3/c1-10-4-5-13-12(8-10)6-7-19(13)9-14-15(16)11(2)17-18(14)3/h4-8H,9H2,1-3H3. The van der Waals surface area contributed by atoms with Crippen molar-refractivity contribution in [2.75, 3.05) is 0 Å². The molecule has 98 valence electrons. The highest BCUT2D eigenvalue weighted by molar-refractivity contribution is 6.31. The molecule has 3 nitrogen and oxygen atoms in total. The maximum atomic E-state index is 6.31. The first-order valence-electron chi connectivity index (χ1n) is 6.30. The van der Waals surface area contributed by atoms with E-state index < -0.39 is 0 Å². The van der Waals surface area contributed by atoms with Gasteiger partial charge in [-0.25, -0.2) is 0 Å². The zero-order chi connectivity index (χ0) is 13.6. The molecule has 3 aromatic rings. The molecular formula is C15H16ClN3. The van der Waals surface area contributed by atoms with Gasteiger partial charge in [-0.05, 0) is 37.4 Å². The molecule has 19 heavy (non-hydrogen) atoms. The smallest absolute Gasteiger partial charge is 0.0865 e. The van der Waals surface area contributed by atoms with Gasteiger partial charge in [-0.2, -0.15) is 5.10 Å². The van der Waals surface area contributed by atoms with E-state index in [0.717, 1.165) is 23.0 Å². The minimum absolute atomic E-state index is 0.739. The number of hydrogen-bond donors (Lipinski definition) is 0. The van der Waals surface area contributed by atoms with Crippen LogP contribution in [0.1, 0.15) is 17.0 Å². The van der Waals surface area contributed by atoms with E-state index in [4.69, 9.17) is 11.6 Å². The van der Waals surface area contributed by atoms with E-state index in [2.05, 4.69) is 47.1 Å². The third kappa shape index (κ3) is 2.04. The maximum absolute atomic E-state index is 6.31. The Labute approximate surface area is 117 Å². The number of aryl methyl sites for hydroxylation is 3. The molecule has 0 saturated heterocycles. The van der Waals surface area contributed by atoms with E-state index in [1.54, 1.807) is 0 Å². The molecule has 0 saturated carbocycles. The molecule has 0 aliphatic heterocycles. The molecule has 3 rings (SSSR count). The summed E-state index contributed by atoms with van der Waals surface area (Å²) in [4.78, 5) is 0. The molecular weight excluding hydrogens is 258 g/mol. The summed E-state index contributed by atoms with van der Waals surface area (Å²) < 4.78 is 4.06. The third-order valence-corrected chi connectivity index (χ3v) is 4.00. The Morgan fingerprint density at radius 2 is 2.00 bits per heavy atom. The third-order valence-electron chi connectivity index (χ3n) is 3.51.